The highest BCUT2D eigenvalue weighted by Crippen LogP contribution is 2.38. The monoisotopic (exact) mass is 318 g/mol. The van der Waals surface area contributed by atoms with E-state index in [9.17, 15) is 9.18 Å². The van der Waals surface area contributed by atoms with Gasteiger partial charge in [0.1, 0.15) is 5.60 Å². The van der Waals surface area contributed by atoms with Crippen molar-refractivity contribution in [2.45, 2.75) is 64.1 Å². The molecule has 2 aliphatic rings. The molecule has 1 aromatic heterocycles. The topological polar surface area (TPSA) is 42.4 Å². The fourth-order valence-corrected chi connectivity index (χ4v) is 3.45. The normalized spacial score (nSPS) is 24.2. The summed E-state index contributed by atoms with van der Waals surface area (Å²) in [4.78, 5) is 18.1. The second-order valence-electron chi connectivity index (χ2n) is 7.28. The Morgan fingerprint density at radius 2 is 2.17 bits per heavy atom. The molecule has 0 aromatic carbocycles. The molecule has 3 rings (SSSR count). The molecule has 23 heavy (non-hydrogen) atoms. The summed E-state index contributed by atoms with van der Waals surface area (Å²) in [6.45, 7) is 5.62. The van der Waals surface area contributed by atoms with E-state index < -0.39 is 11.5 Å². The number of halogens is 1. The third-order valence-electron chi connectivity index (χ3n) is 4.35. The molecule has 1 amide bonds. The predicted molar refractivity (Wildman–Crippen MR) is 86.3 cm³/mol. The molecule has 4 nitrogen and oxygen atoms in total. The summed E-state index contributed by atoms with van der Waals surface area (Å²) in [6.07, 6.45) is 6.74. The van der Waals surface area contributed by atoms with Crippen LogP contribution >= 0.6 is 0 Å². The molecule has 2 atom stereocenters. The highest BCUT2D eigenvalue weighted by Gasteiger charge is 2.39. The smallest absolute Gasteiger partial charge is 0.411 e. The van der Waals surface area contributed by atoms with Gasteiger partial charge in [-0.1, -0.05) is 6.08 Å². The van der Waals surface area contributed by atoms with Gasteiger partial charge in [-0.3, -0.25) is 4.90 Å². The minimum Gasteiger partial charge on any atom is -0.444 e. The number of nitrogens with zero attached hydrogens (tertiary/aromatic N) is 2. The fraction of sp³-hybridized carbons (Fsp3) is 0.556. The van der Waals surface area contributed by atoms with E-state index in [1.165, 1.54) is 6.20 Å². The number of carbonyl (C=O) groups is 1. The molecule has 5 heteroatoms. The third kappa shape index (κ3) is 3.38. The van der Waals surface area contributed by atoms with Gasteiger partial charge in [-0.15, -0.1) is 0 Å². The summed E-state index contributed by atoms with van der Waals surface area (Å²) < 4.78 is 19.5. The zero-order valence-electron chi connectivity index (χ0n) is 13.9. The first-order valence-electron chi connectivity index (χ1n) is 8.18. The summed E-state index contributed by atoms with van der Waals surface area (Å²) in [5.74, 6) is -0.442. The Hall–Kier alpha value is -1.91. The zero-order chi connectivity index (χ0) is 16.6. The Bertz CT molecular complexity index is 636. The van der Waals surface area contributed by atoms with Crippen LogP contribution in [0.4, 0.5) is 9.18 Å². The minimum atomic E-state index is -0.509. The molecule has 0 saturated carbocycles. The lowest BCUT2D eigenvalue weighted by Crippen LogP contribution is -2.53. The van der Waals surface area contributed by atoms with E-state index in [0.29, 0.717) is 12.0 Å². The van der Waals surface area contributed by atoms with Gasteiger partial charge in [0.05, 0.1) is 6.04 Å². The van der Waals surface area contributed by atoms with Crippen LogP contribution in [0.3, 0.4) is 0 Å². The van der Waals surface area contributed by atoms with Gasteiger partial charge in [0, 0.05) is 17.8 Å². The van der Waals surface area contributed by atoms with Crippen LogP contribution in [0, 0.1) is 5.95 Å². The molecule has 0 spiro atoms. The van der Waals surface area contributed by atoms with Crippen molar-refractivity contribution in [2.75, 3.05) is 0 Å². The Balaban J connectivity index is 1.88. The van der Waals surface area contributed by atoms with Crippen molar-refractivity contribution in [1.29, 1.82) is 0 Å². The first kappa shape index (κ1) is 16.0. The number of amides is 1. The van der Waals surface area contributed by atoms with Crippen molar-refractivity contribution in [1.82, 2.24) is 9.88 Å². The molecular formula is C18H23FN2O2. The van der Waals surface area contributed by atoms with Crippen LogP contribution in [0.25, 0.3) is 5.57 Å². The minimum absolute atomic E-state index is 0.0213. The number of rotatable bonds is 1. The Kier molecular flexibility index (Phi) is 4.13. The summed E-state index contributed by atoms with van der Waals surface area (Å²) in [5, 5.41) is 0. The van der Waals surface area contributed by atoms with Gasteiger partial charge in [-0.2, -0.15) is 4.39 Å². The van der Waals surface area contributed by atoms with E-state index in [1.54, 1.807) is 12.1 Å². The quantitative estimate of drug-likeness (QED) is 0.730. The zero-order valence-corrected chi connectivity index (χ0v) is 13.9. The van der Waals surface area contributed by atoms with Crippen molar-refractivity contribution in [3.05, 3.63) is 35.9 Å². The van der Waals surface area contributed by atoms with Gasteiger partial charge in [0.15, 0.2) is 0 Å². The number of ether oxygens (including phenoxy) is 1. The Morgan fingerprint density at radius 3 is 2.83 bits per heavy atom. The second-order valence-corrected chi connectivity index (χ2v) is 7.28. The van der Waals surface area contributed by atoms with Crippen LogP contribution in [0.5, 0.6) is 0 Å². The SMILES string of the molecule is CC(C)(C)OC(=O)N1C2C=C(c3cccnc3F)CC1CCC2. The number of hydrogen-bond acceptors (Lipinski definition) is 3. The van der Waals surface area contributed by atoms with Gasteiger partial charge in [0.2, 0.25) is 5.95 Å². The molecule has 1 saturated heterocycles. The van der Waals surface area contributed by atoms with E-state index >= 15 is 0 Å². The highest BCUT2D eigenvalue weighted by molar-refractivity contribution is 5.74. The highest BCUT2D eigenvalue weighted by atomic mass is 19.1. The molecule has 1 aromatic rings. The van der Waals surface area contributed by atoms with Gasteiger partial charge >= 0.3 is 6.09 Å². The average Bonchev–Trinajstić information content (AvgIpc) is 2.44. The van der Waals surface area contributed by atoms with Crippen molar-refractivity contribution in [2.24, 2.45) is 0 Å². The van der Waals surface area contributed by atoms with Crippen molar-refractivity contribution in [3.8, 4) is 0 Å². The maximum atomic E-state index is 14.0. The molecule has 3 heterocycles. The molecule has 2 unspecified atom stereocenters. The van der Waals surface area contributed by atoms with E-state index in [1.807, 2.05) is 31.7 Å². The number of carbonyl (C=O) groups excluding carboxylic acids is 1. The van der Waals surface area contributed by atoms with Crippen LogP contribution in [0.1, 0.15) is 52.0 Å². The fourth-order valence-electron chi connectivity index (χ4n) is 3.45. The number of fused-ring (bicyclic) bond motifs is 2. The van der Waals surface area contributed by atoms with Crippen molar-refractivity contribution >= 4 is 11.7 Å². The molecule has 124 valence electrons. The van der Waals surface area contributed by atoms with Gasteiger partial charge < -0.3 is 4.74 Å². The summed E-state index contributed by atoms with van der Waals surface area (Å²) in [5.41, 5.74) is 0.989. The van der Waals surface area contributed by atoms with Crippen LogP contribution in [0.2, 0.25) is 0 Å². The number of hydrogen-bond donors (Lipinski definition) is 0. The first-order valence-corrected chi connectivity index (χ1v) is 8.18. The summed E-state index contributed by atoms with van der Waals surface area (Å²) >= 11 is 0. The van der Waals surface area contributed by atoms with E-state index in [0.717, 1.165) is 24.8 Å². The van der Waals surface area contributed by atoms with Gasteiger partial charge in [-0.25, -0.2) is 9.78 Å². The van der Waals surface area contributed by atoms with E-state index in [2.05, 4.69) is 4.98 Å². The lowest BCUT2D eigenvalue weighted by Gasteiger charge is -2.45. The molecule has 0 radical (unpaired) electrons. The average molecular weight is 318 g/mol. The Labute approximate surface area is 136 Å². The largest absolute Gasteiger partial charge is 0.444 e. The second kappa shape index (κ2) is 5.95. The van der Waals surface area contributed by atoms with Gasteiger partial charge in [-0.05, 0) is 64.2 Å². The molecule has 0 aliphatic carbocycles. The summed E-state index contributed by atoms with van der Waals surface area (Å²) in [6, 6.07) is 3.55. The van der Waals surface area contributed by atoms with Crippen LogP contribution in [-0.4, -0.2) is 33.7 Å². The summed E-state index contributed by atoms with van der Waals surface area (Å²) in [7, 11) is 0. The standard InChI is InChI=1S/C18H23FN2O2/c1-18(2,3)23-17(22)21-13-6-4-7-14(21)11-12(10-13)15-8-5-9-20-16(15)19/h5,8-10,13-14H,4,6-7,11H2,1-3H3. The van der Waals surface area contributed by atoms with Crippen LogP contribution < -0.4 is 0 Å². The van der Waals surface area contributed by atoms with E-state index in [4.69, 9.17) is 4.74 Å². The molecule has 0 N–H and O–H groups in total. The number of piperidine rings is 1. The van der Waals surface area contributed by atoms with Crippen LogP contribution in [0.15, 0.2) is 24.4 Å². The predicted octanol–water partition coefficient (Wildman–Crippen LogP) is 4.17. The maximum absolute atomic E-state index is 14.0. The van der Waals surface area contributed by atoms with E-state index in [-0.39, 0.29) is 18.2 Å². The van der Waals surface area contributed by atoms with Gasteiger partial charge in [0.25, 0.3) is 0 Å². The maximum Gasteiger partial charge on any atom is 0.411 e. The Morgan fingerprint density at radius 1 is 1.39 bits per heavy atom. The molecule has 1 fully saturated rings. The lowest BCUT2D eigenvalue weighted by molar-refractivity contribution is 0.0000773. The molecule has 2 bridgehead atoms. The number of aromatic nitrogens is 1. The molecular weight excluding hydrogens is 295 g/mol. The lowest BCUT2D eigenvalue weighted by atomic mass is 9.83. The third-order valence-corrected chi connectivity index (χ3v) is 4.35. The first-order chi connectivity index (χ1) is 10.8. The molecule has 2 aliphatic heterocycles. The van der Waals surface area contributed by atoms with Crippen molar-refractivity contribution < 1.29 is 13.9 Å². The van der Waals surface area contributed by atoms with Crippen molar-refractivity contribution in [3.63, 3.8) is 0 Å². The van der Waals surface area contributed by atoms with Crippen LogP contribution in [-0.2, 0) is 4.74 Å². The number of pyridine rings is 1.